The summed E-state index contributed by atoms with van der Waals surface area (Å²) in [5, 5.41) is 21.6. The van der Waals surface area contributed by atoms with Crippen molar-refractivity contribution in [3.05, 3.63) is 23.8 Å². The third kappa shape index (κ3) is 4.18. The summed E-state index contributed by atoms with van der Waals surface area (Å²) in [6.45, 7) is 2.47. The number of phenolic OH excluding ortho intramolecular Hbond substituents is 2. The topological polar surface area (TPSA) is 78.5 Å². The lowest BCUT2D eigenvalue weighted by molar-refractivity contribution is 0.403. The molecule has 0 aliphatic rings. The lowest BCUT2D eigenvalue weighted by Crippen LogP contribution is -2.20. The van der Waals surface area contributed by atoms with Crippen LogP contribution in [0, 0.1) is 0 Å². The molecule has 0 fully saturated rings. The zero-order chi connectivity index (χ0) is 11.1. The van der Waals surface area contributed by atoms with E-state index in [1.54, 1.807) is 12.1 Å². The van der Waals surface area contributed by atoms with Crippen LogP contribution in [0.5, 0.6) is 11.5 Å². The maximum absolute atomic E-state index is 9.25. The van der Waals surface area contributed by atoms with E-state index < -0.39 is 0 Å². The highest BCUT2D eigenvalue weighted by atomic mass is 16.3. The fraction of sp³-hybridized carbons (Fsp3) is 0.455. The minimum atomic E-state index is -0.0742. The molecule has 0 radical (unpaired) electrons. The Bertz CT molecular complexity index is 303. The van der Waals surface area contributed by atoms with Gasteiger partial charge < -0.3 is 21.3 Å². The zero-order valence-corrected chi connectivity index (χ0v) is 8.74. The second kappa shape index (κ2) is 6.27. The Balaban J connectivity index is 2.28. The maximum Gasteiger partial charge on any atom is 0.157 e. The van der Waals surface area contributed by atoms with Gasteiger partial charge in [0.05, 0.1) is 0 Å². The van der Waals surface area contributed by atoms with E-state index in [9.17, 15) is 5.11 Å². The summed E-state index contributed by atoms with van der Waals surface area (Å²) >= 11 is 0. The SMILES string of the molecule is NCCCNCCc1ccc(O)c(O)c1. The molecule has 0 saturated carbocycles. The summed E-state index contributed by atoms with van der Waals surface area (Å²) in [6, 6.07) is 4.89. The molecule has 1 aromatic rings. The highest BCUT2D eigenvalue weighted by Gasteiger charge is 1.99. The van der Waals surface area contributed by atoms with E-state index in [1.807, 2.05) is 0 Å². The number of rotatable bonds is 6. The van der Waals surface area contributed by atoms with E-state index >= 15 is 0 Å². The number of benzene rings is 1. The Hall–Kier alpha value is -1.26. The maximum atomic E-state index is 9.25. The summed E-state index contributed by atoms with van der Waals surface area (Å²) in [7, 11) is 0. The molecule has 0 heterocycles. The van der Waals surface area contributed by atoms with Crippen molar-refractivity contribution in [2.24, 2.45) is 5.73 Å². The Morgan fingerprint density at radius 1 is 1.13 bits per heavy atom. The Kier molecular flexibility index (Phi) is 4.93. The van der Waals surface area contributed by atoms with E-state index in [0.717, 1.165) is 31.5 Å². The van der Waals surface area contributed by atoms with E-state index in [1.165, 1.54) is 6.07 Å². The van der Waals surface area contributed by atoms with Gasteiger partial charge in [0.2, 0.25) is 0 Å². The smallest absolute Gasteiger partial charge is 0.157 e. The molecule has 0 spiro atoms. The van der Waals surface area contributed by atoms with Crippen molar-refractivity contribution in [3.8, 4) is 11.5 Å². The molecule has 0 bridgehead atoms. The Morgan fingerprint density at radius 2 is 1.93 bits per heavy atom. The average molecular weight is 210 g/mol. The second-order valence-corrected chi connectivity index (χ2v) is 3.47. The first kappa shape index (κ1) is 11.8. The molecule has 0 aromatic heterocycles. The third-order valence-electron chi connectivity index (χ3n) is 2.19. The number of hydrogen-bond acceptors (Lipinski definition) is 4. The van der Waals surface area contributed by atoms with Gasteiger partial charge in [0, 0.05) is 0 Å². The van der Waals surface area contributed by atoms with Gasteiger partial charge in [0.15, 0.2) is 11.5 Å². The quantitative estimate of drug-likeness (QED) is 0.409. The largest absolute Gasteiger partial charge is 0.504 e. The molecule has 0 atom stereocenters. The number of phenols is 2. The molecule has 0 amide bonds. The molecule has 84 valence electrons. The Morgan fingerprint density at radius 3 is 2.60 bits per heavy atom. The Labute approximate surface area is 89.7 Å². The van der Waals surface area contributed by atoms with Crippen LogP contribution in [0.15, 0.2) is 18.2 Å². The average Bonchev–Trinajstić information content (AvgIpc) is 2.23. The molecule has 1 aromatic carbocycles. The summed E-state index contributed by atoms with van der Waals surface area (Å²) in [5.74, 6) is -0.135. The van der Waals surface area contributed by atoms with Gasteiger partial charge in [0.25, 0.3) is 0 Å². The molecular weight excluding hydrogens is 192 g/mol. The minimum absolute atomic E-state index is 0.0607. The number of aromatic hydroxyl groups is 2. The van der Waals surface area contributed by atoms with Crippen molar-refractivity contribution in [2.45, 2.75) is 12.8 Å². The van der Waals surface area contributed by atoms with E-state index in [4.69, 9.17) is 10.8 Å². The minimum Gasteiger partial charge on any atom is -0.504 e. The highest BCUT2D eigenvalue weighted by molar-refractivity contribution is 5.40. The van der Waals surface area contributed by atoms with Crippen LogP contribution < -0.4 is 11.1 Å². The van der Waals surface area contributed by atoms with Gasteiger partial charge in [-0.25, -0.2) is 0 Å². The van der Waals surface area contributed by atoms with Gasteiger partial charge in [-0.2, -0.15) is 0 Å². The van der Waals surface area contributed by atoms with Crippen LogP contribution in [0.1, 0.15) is 12.0 Å². The van der Waals surface area contributed by atoms with Crippen molar-refractivity contribution in [3.63, 3.8) is 0 Å². The normalized spacial score (nSPS) is 10.5. The molecule has 0 saturated heterocycles. The first-order valence-corrected chi connectivity index (χ1v) is 5.15. The highest BCUT2D eigenvalue weighted by Crippen LogP contribution is 2.24. The molecular formula is C11H18N2O2. The molecule has 4 nitrogen and oxygen atoms in total. The zero-order valence-electron chi connectivity index (χ0n) is 8.74. The van der Waals surface area contributed by atoms with Crippen LogP contribution in [-0.4, -0.2) is 29.8 Å². The predicted octanol–water partition coefficient (Wildman–Crippen LogP) is 0.579. The van der Waals surface area contributed by atoms with Gasteiger partial charge in [-0.3, -0.25) is 0 Å². The predicted molar refractivity (Wildman–Crippen MR) is 60.0 cm³/mol. The van der Waals surface area contributed by atoms with E-state index in [0.29, 0.717) is 6.54 Å². The molecule has 15 heavy (non-hydrogen) atoms. The number of hydrogen-bond donors (Lipinski definition) is 4. The van der Waals surface area contributed by atoms with Crippen molar-refractivity contribution in [1.82, 2.24) is 5.32 Å². The number of nitrogens with two attached hydrogens (primary N) is 1. The molecule has 0 aliphatic carbocycles. The molecule has 0 unspecified atom stereocenters. The van der Waals surface area contributed by atoms with Crippen LogP contribution in [0.3, 0.4) is 0 Å². The fourth-order valence-corrected chi connectivity index (χ4v) is 1.31. The van der Waals surface area contributed by atoms with Crippen molar-refractivity contribution < 1.29 is 10.2 Å². The van der Waals surface area contributed by atoms with Crippen LogP contribution in [0.4, 0.5) is 0 Å². The molecule has 1 rings (SSSR count). The first-order valence-electron chi connectivity index (χ1n) is 5.15. The van der Waals surface area contributed by atoms with Crippen LogP contribution in [-0.2, 0) is 6.42 Å². The van der Waals surface area contributed by atoms with Crippen LogP contribution >= 0.6 is 0 Å². The van der Waals surface area contributed by atoms with Crippen molar-refractivity contribution in [2.75, 3.05) is 19.6 Å². The van der Waals surface area contributed by atoms with Gasteiger partial charge in [-0.05, 0) is 50.2 Å². The van der Waals surface area contributed by atoms with E-state index in [-0.39, 0.29) is 11.5 Å². The van der Waals surface area contributed by atoms with Crippen LogP contribution in [0.25, 0.3) is 0 Å². The van der Waals surface area contributed by atoms with Gasteiger partial charge in [-0.15, -0.1) is 0 Å². The first-order chi connectivity index (χ1) is 7.24. The summed E-state index contributed by atoms with van der Waals surface area (Å²) in [6.07, 6.45) is 1.80. The summed E-state index contributed by atoms with van der Waals surface area (Å²) in [4.78, 5) is 0. The lowest BCUT2D eigenvalue weighted by Gasteiger charge is -2.05. The van der Waals surface area contributed by atoms with Crippen molar-refractivity contribution in [1.29, 1.82) is 0 Å². The molecule has 5 N–H and O–H groups in total. The van der Waals surface area contributed by atoms with E-state index in [2.05, 4.69) is 5.32 Å². The second-order valence-electron chi connectivity index (χ2n) is 3.47. The van der Waals surface area contributed by atoms with Crippen molar-refractivity contribution >= 4 is 0 Å². The van der Waals surface area contributed by atoms with Crippen LogP contribution in [0.2, 0.25) is 0 Å². The monoisotopic (exact) mass is 210 g/mol. The fourth-order valence-electron chi connectivity index (χ4n) is 1.31. The van der Waals surface area contributed by atoms with Gasteiger partial charge in [0.1, 0.15) is 0 Å². The van der Waals surface area contributed by atoms with Gasteiger partial charge in [-0.1, -0.05) is 6.07 Å². The third-order valence-corrected chi connectivity index (χ3v) is 2.19. The van der Waals surface area contributed by atoms with Gasteiger partial charge >= 0.3 is 0 Å². The molecule has 0 aliphatic heterocycles. The summed E-state index contributed by atoms with van der Waals surface area (Å²) < 4.78 is 0. The molecule has 4 heteroatoms. The summed E-state index contributed by atoms with van der Waals surface area (Å²) in [5.41, 5.74) is 6.36. The lowest BCUT2D eigenvalue weighted by atomic mass is 10.1. The standard InChI is InChI=1S/C11H18N2O2/c12-5-1-6-13-7-4-9-2-3-10(14)11(15)8-9/h2-3,8,13-15H,1,4-7,12H2. The number of nitrogens with one attached hydrogen (secondary N) is 1.